The molecule has 1 atom stereocenters. The number of para-hydroxylation sites is 3. The molecule has 8 nitrogen and oxygen atoms in total. The Bertz CT molecular complexity index is 940. The van der Waals surface area contributed by atoms with Crippen molar-refractivity contribution in [1.82, 2.24) is 10.6 Å². The Labute approximate surface area is 175 Å². The maximum absolute atomic E-state index is 12.5. The topological polar surface area (TPSA) is 99.8 Å². The standard InChI is InChI=1S/C22H26N4O4/c1-14-7-6-8-15(2)21(14)25-19(27)11-24-20(28)13-26-12-18(22(29)23-3)30-17-10-5-4-9-16(17)26/h4-10,18H,11-13H2,1-3H3,(H,23,29)(H,24,28)(H,25,27)/t18-/m0/s1. The molecular weight excluding hydrogens is 384 g/mol. The number of aryl methyl sites for hydroxylation is 2. The SMILES string of the molecule is CNC(=O)[C@@H]1CN(CC(=O)NCC(=O)Nc2c(C)cccc2C)c2ccccc2O1. The largest absolute Gasteiger partial charge is 0.477 e. The van der Waals surface area contributed by atoms with Gasteiger partial charge in [0, 0.05) is 12.7 Å². The third-order valence-corrected chi connectivity index (χ3v) is 4.93. The van der Waals surface area contributed by atoms with Gasteiger partial charge < -0.3 is 25.6 Å². The van der Waals surface area contributed by atoms with Crippen LogP contribution in [0.4, 0.5) is 11.4 Å². The van der Waals surface area contributed by atoms with Crippen LogP contribution in [0.1, 0.15) is 11.1 Å². The van der Waals surface area contributed by atoms with Gasteiger partial charge in [-0.3, -0.25) is 14.4 Å². The molecule has 1 aliphatic heterocycles. The molecule has 0 aliphatic carbocycles. The molecule has 0 saturated carbocycles. The summed E-state index contributed by atoms with van der Waals surface area (Å²) in [4.78, 5) is 38.6. The van der Waals surface area contributed by atoms with Crippen molar-refractivity contribution in [2.24, 2.45) is 0 Å². The maximum Gasteiger partial charge on any atom is 0.262 e. The molecule has 0 spiro atoms. The minimum Gasteiger partial charge on any atom is -0.477 e. The van der Waals surface area contributed by atoms with Crippen molar-refractivity contribution < 1.29 is 19.1 Å². The van der Waals surface area contributed by atoms with Crippen LogP contribution < -0.4 is 25.6 Å². The van der Waals surface area contributed by atoms with E-state index in [4.69, 9.17) is 4.74 Å². The second-order valence-electron chi connectivity index (χ2n) is 7.16. The van der Waals surface area contributed by atoms with Crippen LogP contribution in [-0.2, 0) is 14.4 Å². The molecule has 1 heterocycles. The van der Waals surface area contributed by atoms with Crippen LogP contribution in [0.15, 0.2) is 42.5 Å². The number of amides is 3. The lowest BCUT2D eigenvalue weighted by molar-refractivity contribution is -0.127. The van der Waals surface area contributed by atoms with Gasteiger partial charge in [0.25, 0.3) is 5.91 Å². The number of fused-ring (bicyclic) bond motifs is 1. The van der Waals surface area contributed by atoms with Crippen molar-refractivity contribution in [1.29, 1.82) is 0 Å². The first-order valence-electron chi connectivity index (χ1n) is 9.74. The molecule has 0 fully saturated rings. The molecular formula is C22H26N4O4. The summed E-state index contributed by atoms with van der Waals surface area (Å²) in [6.45, 7) is 3.93. The van der Waals surface area contributed by atoms with Gasteiger partial charge in [0.1, 0.15) is 5.75 Å². The zero-order valence-electron chi connectivity index (χ0n) is 17.3. The van der Waals surface area contributed by atoms with Crippen molar-refractivity contribution in [2.75, 3.05) is 36.9 Å². The summed E-state index contributed by atoms with van der Waals surface area (Å²) in [5, 5.41) is 8.05. The number of likely N-dealkylation sites (N-methyl/N-ethyl adjacent to an activating group) is 1. The number of rotatable bonds is 6. The van der Waals surface area contributed by atoms with Crippen LogP contribution >= 0.6 is 0 Å². The number of benzene rings is 2. The van der Waals surface area contributed by atoms with Crippen LogP contribution in [0.25, 0.3) is 0 Å². The zero-order valence-corrected chi connectivity index (χ0v) is 17.3. The molecule has 2 aromatic rings. The number of hydrogen-bond acceptors (Lipinski definition) is 5. The number of hydrogen-bond donors (Lipinski definition) is 3. The highest BCUT2D eigenvalue weighted by molar-refractivity contribution is 5.96. The Morgan fingerprint density at radius 1 is 1.03 bits per heavy atom. The molecule has 0 radical (unpaired) electrons. The molecule has 2 aromatic carbocycles. The van der Waals surface area contributed by atoms with Crippen molar-refractivity contribution in [3.63, 3.8) is 0 Å². The summed E-state index contributed by atoms with van der Waals surface area (Å²) in [6, 6.07) is 13.0. The van der Waals surface area contributed by atoms with Crippen molar-refractivity contribution >= 4 is 29.1 Å². The monoisotopic (exact) mass is 410 g/mol. The van der Waals surface area contributed by atoms with E-state index >= 15 is 0 Å². The summed E-state index contributed by atoms with van der Waals surface area (Å²) in [7, 11) is 1.54. The van der Waals surface area contributed by atoms with Gasteiger partial charge in [-0.25, -0.2) is 0 Å². The fraction of sp³-hybridized carbons (Fsp3) is 0.318. The Morgan fingerprint density at radius 3 is 2.43 bits per heavy atom. The van der Waals surface area contributed by atoms with Crippen LogP contribution in [0.2, 0.25) is 0 Å². The van der Waals surface area contributed by atoms with Gasteiger partial charge in [0.05, 0.1) is 25.3 Å². The van der Waals surface area contributed by atoms with Crippen LogP contribution in [0.3, 0.4) is 0 Å². The normalized spacial score (nSPS) is 14.9. The van der Waals surface area contributed by atoms with Crippen LogP contribution in [-0.4, -0.2) is 50.5 Å². The number of nitrogens with one attached hydrogen (secondary N) is 3. The average Bonchev–Trinajstić information content (AvgIpc) is 2.74. The van der Waals surface area contributed by atoms with Crippen molar-refractivity contribution in [2.45, 2.75) is 20.0 Å². The summed E-state index contributed by atoms with van der Waals surface area (Å²) < 4.78 is 5.73. The van der Waals surface area contributed by atoms with Gasteiger partial charge in [-0.15, -0.1) is 0 Å². The third-order valence-electron chi connectivity index (χ3n) is 4.93. The first-order valence-corrected chi connectivity index (χ1v) is 9.74. The highest BCUT2D eigenvalue weighted by Crippen LogP contribution is 2.32. The summed E-state index contributed by atoms with van der Waals surface area (Å²) in [5.74, 6) is -0.341. The van der Waals surface area contributed by atoms with E-state index in [0.717, 1.165) is 22.5 Å². The van der Waals surface area contributed by atoms with E-state index in [9.17, 15) is 14.4 Å². The molecule has 3 rings (SSSR count). The molecule has 0 unspecified atom stereocenters. The predicted octanol–water partition coefficient (Wildman–Crippen LogP) is 1.37. The van der Waals surface area contributed by atoms with Crippen LogP contribution in [0.5, 0.6) is 5.75 Å². The van der Waals surface area contributed by atoms with Crippen LogP contribution in [0, 0.1) is 13.8 Å². The lowest BCUT2D eigenvalue weighted by Crippen LogP contribution is -2.51. The maximum atomic E-state index is 12.5. The Kier molecular flexibility index (Phi) is 6.56. The quantitative estimate of drug-likeness (QED) is 0.668. The molecule has 3 N–H and O–H groups in total. The minimum absolute atomic E-state index is 0.00450. The van der Waals surface area contributed by atoms with E-state index in [1.54, 1.807) is 17.0 Å². The fourth-order valence-electron chi connectivity index (χ4n) is 3.36. The van der Waals surface area contributed by atoms with E-state index in [2.05, 4.69) is 16.0 Å². The summed E-state index contributed by atoms with van der Waals surface area (Å²) >= 11 is 0. The lowest BCUT2D eigenvalue weighted by Gasteiger charge is -2.34. The molecule has 30 heavy (non-hydrogen) atoms. The van der Waals surface area contributed by atoms with Gasteiger partial charge in [0.2, 0.25) is 11.8 Å². The van der Waals surface area contributed by atoms with Crippen molar-refractivity contribution in [3.8, 4) is 5.75 Å². The number of carbonyl (C=O) groups is 3. The Hall–Kier alpha value is -3.55. The second kappa shape index (κ2) is 9.30. The molecule has 158 valence electrons. The van der Waals surface area contributed by atoms with Gasteiger partial charge in [0.15, 0.2) is 6.10 Å². The van der Waals surface area contributed by atoms with Gasteiger partial charge in [-0.05, 0) is 37.1 Å². The molecule has 0 bridgehead atoms. The number of ether oxygens (including phenoxy) is 1. The van der Waals surface area contributed by atoms with E-state index < -0.39 is 6.10 Å². The molecule has 0 saturated heterocycles. The third kappa shape index (κ3) is 4.89. The van der Waals surface area contributed by atoms with E-state index in [-0.39, 0.29) is 37.4 Å². The first kappa shape index (κ1) is 21.2. The van der Waals surface area contributed by atoms with E-state index in [1.165, 1.54) is 7.05 Å². The smallest absolute Gasteiger partial charge is 0.262 e. The molecule has 3 amide bonds. The zero-order chi connectivity index (χ0) is 21.7. The van der Waals surface area contributed by atoms with Gasteiger partial charge in [-0.1, -0.05) is 30.3 Å². The second-order valence-corrected chi connectivity index (χ2v) is 7.16. The molecule has 8 heteroatoms. The van der Waals surface area contributed by atoms with Gasteiger partial charge >= 0.3 is 0 Å². The molecule has 0 aromatic heterocycles. The summed E-state index contributed by atoms with van der Waals surface area (Å²) in [6.07, 6.45) is -0.718. The highest BCUT2D eigenvalue weighted by atomic mass is 16.5. The van der Waals surface area contributed by atoms with Gasteiger partial charge in [-0.2, -0.15) is 0 Å². The van der Waals surface area contributed by atoms with E-state index in [1.807, 2.05) is 44.2 Å². The average molecular weight is 410 g/mol. The predicted molar refractivity (Wildman–Crippen MR) is 115 cm³/mol. The lowest BCUT2D eigenvalue weighted by atomic mass is 10.1. The summed E-state index contributed by atoms with van der Waals surface area (Å²) in [5.41, 5.74) is 3.40. The number of nitrogens with zero attached hydrogens (tertiary/aromatic N) is 1. The highest BCUT2D eigenvalue weighted by Gasteiger charge is 2.31. The Morgan fingerprint density at radius 2 is 1.73 bits per heavy atom. The van der Waals surface area contributed by atoms with E-state index in [0.29, 0.717) is 5.75 Å². The number of carbonyl (C=O) groups excluding carboxylic acids is 3. The number of anilines is 2. The minimum atomic E-state index is -0.718. The van der Waals surface area contributed by atoms with Crippen molar-refractivity contribution in [3.05, 3.63) is 53.6 Å². The fourth-order valence-corrected chi connectivity index (χ4v) is 3.36. The first-order chi connectivity index (χ1) is 14.4. The Balaban J connectivity index is 1.60. The molecule has 1 aliphatic rings.